The fourth-order valence-electron chi connectivity index (χ4n) is 1.91. The molecule has 0 bridgehead atoms. The zero-order valence-corrected chi connectivity index (χ0v) is 10.0. The lowest BCUT2D eigenvalue weighted by atomic mass is 10.0. The summed E-state index contributed by atoms with van der Waals surface area (Å²) in [5.41, 5.74) is 2.91. The van der Waals surface area contributed by atoms with E-state index in [0.717, 1.165) is 48.2 Å². The third-order valence-electron chi connectivity index (χ3n) is 2.64. The molecule has 0 aliphatic carbocycles. The molecule has 16 heavy (non-hydrogen) atoms. The lowest BCUT2D eigenvalue weighted by Crippen LogP contribution is -2.09. The topological polar surface area (TPSA) is 35.0 Å². The van der Waals surface area contributed by atoms with Crippen molar-refractivity contribution < 1.29 is 4.74 Å². The summed E-state index contributed by atoms with van der Waals surface area (Å²) >= 11 is 7.12. The maximum Gasteiger partial charge on any atom is 0.171 e. The number of hydrogen-bond donors (Lipinski definition) is 0. The number of fused-ring (bicyclic) bond motifs is 1. The van der Waals surface area contributed by atoms with Crippen LogP contribution in [-0.2, 0) is 6.42 Å². The summed E-state index contributed by atoms with van der Waals surface area (Å²) < 4.78 is 13.9. The van der Waals surface area contributed by atoms with E-state index in [1.54, 1.807) is 0 Å². The predicted molar refractivity (Wildman–Crippen MR) is 64.2 cm³/mol. The Balaban J connectivity index is 2.18. The Morgan fingerprint density at radius 3 is 3.06 bits per heavy atom. The van der Waals surface area contributed by atoms with Gasteiger partial charge in [0.05, 0.1) is 18.3 Å². The monoisotopic (exact) mass is 252 g/mol. The number of nitrogens with zero attached hydrogens (tertiary/aromatic N) is 2. The molecule has 0 amide bonds. The maximum atomic E-state index is 6.00. The van der Waals surface area contributed by atoms with Gasteiger partial charge in [0.1, 0.15) is 11.4 Å². The van der Waals surface area contributed by atoms with Gasteiger partial charge < -0.3 is 4.74 Å². The number of halogens is 1. The highest BCUT2D eigenvalue weighted by Gasteiger charge is 2.19. The molecule has 0 spiro atoms. The minimum atomic E-state index is 0.451. The predicted octanol–water partition coefficient (Wildman–Crippen LogP) is 3.18. The zero-order valence-electron chi connectivity index (χ0n) is 8.44. The van der Waals surface area contributed by atoms with Crippen molar-refractivity contribution in [3.8, 4) is 17.0 Å². The normalized spacial score (nSPS) is 14.3. The van der Waals surface area contributed by atoms with Gasteiger partial charge >= 0.3 is 0 Å². The molecule has 0 saturated heterocycles. The molecule has 1 aromatic heterocycles. The van der Waals surface area contributed by atoms with E-state index in [-0.39, 0.29) is 0 Å². The first kappa shape index (κ1) is 10.1. The van der Waals surface area contributed by atoms with Crippen molar-refractivity contribution in [3.05, 3.63) is 28.9 Å². The standard InChI is InChI=1S/C11H9ClN2OS/c12-11-9(13-16-14-11)8-5-1-3-7-4-2-6-15-10(7)8/h1,3,5H,2,4,6H2. The van der Waals surface area contributed by atoms with Crippen LogP contribution in [0.3, 0.4) is 0 Å². The molecule has 3 rings (SSSR count). The van der Waals surface area contributed by atoms with E-state index in [1.807, 2.05) is 12.1 Å². The van der Waals surface area contributed by atoms with E-state index in [9.17, 15) is 0 Å². The van der Waals surface area contributed by atoms with Gasteiger partial charge in [0, 0.05) is 5.56 Å². The van der Waals surface area contributed by atoms with E-state index >= 15 is 0 Å². The van der Waals surface area contributed by atoms with Gasteiger partial charge in [-0.25, -0.2) is 0 Å². The van der Waals surface area contributed by atoms with Crippen molar-refractivity contribution in [1.29, 1.82) is 0 Å². The van der Waals surface area contributed by atoms with E-state index in [1.165, 1.54) is 5.56 Å². The SMILES string of the molecule is Clc1nsnc1-c1cccc2c1OCCC2. The molecule has 0 unspecified atom stereocenters. The van der Waals surface area contributed by atoms with Crippen molar-refractivity contribution >= 4 is 23.3 Å². The molecule has 1 aromatic carbocycles. The Kier molecular flexibility index (Phi) is 2.53. The Bertz CT molecular complexity index is 526. The number of aryl methyl sites for hydroxylation is 1. The Morgan fingerprint density at radius 2 is 2.25 bits per heavy atom. The fraction of sp³-hybridized carbons (Fsp3) is 0.273. The van der Waals surface area contributed by atoms with Gasteiger partial charge in [-0.05, 0) is 24.5 Å². The molecule has 0 atom stereocenters. The number of aromatic nitrogens is 2. The summed E-state index contributed by atoms with van der Waals surface area (Å²) in [6.07, 6.45) is 2.12. The Hall–Kier alpha value is -1.13. The zero-order chi connectivity index (χ0) is 11.0. The second-order valence-electron chi connectivity index (χ2n) is 3.65. The Labute approximate surface area is 102 Å². The second-order valence-corrected chi connectivity index (χ2v) is 4.54. The molecular formula is C11H9ClN2OS. The maximum absolute atomic E-state index is 6.00. The lowest BCUT2D eigenvalue weighted by Gasteiger charge is -2.19. The van der Waals surface area contributed by atoms with E-state index in [4.69, 9.17) is 16.3 Å². The first-order valence-electron chi connectivity index (χ1n) is 5.09. The molecule has 1 aliphatic heterocycles. The number of para-hydroxylation sites is 1. The van der Waals surface area contributed by atoms with Gasteiger partial charge in [-0.3, -0.25) is 0 Å². The molecule has 5 heteroatoms. The lowest BCUT2D eigenvalue weighted by molar-refractivity contribution is 0.289. The van der Waals surface area contributed by atoms with Gasteiger partial charge in [0.15, 0.2) is 5.15 Å². The molecule has 2 aromatic rings. The van der Waals surface area contributed by atoms with E-state index in [2.05, 4.69) is 14.8 Å². The second kappa shape index (κ2) is 4.03. The van der Waals surface area contributed by atoms with Crippen LogP contribution >= 0.6 is 23.3 Å². The number of ether oxygens (including phenoxy) is 1. The molecule has 0 fully saturated rings. The average Bonchev–Trinajstić information content (AvgIpc) is 2.75. The van der Waals surface area contributed by atoms with Gasteiger partial charge in [-0.2, -0.15) is 8.75 Å². The summed E-state index contributed by atoms with van der Waals surface area (Å²) in [4.78, 5) is 0. The number of rotatable bonds is 1. The van der Waals surface area contributed by atoms with Crippen LogP contribution < -0.4 is 4.74 Å². The summed E-state index contributed by atoms with van der Waals surface area (Å²) in [6.45, 7) is 0.763. The first-order chi connectivity index (χ1) is 7.86. The van der Waals surface area contributed by atoms with Crippen molar-refractivity contribution in [2.75, 3.05) is 6.61 Å². The van der Waals surface area contributed by atoms with Crippen molar-refractivity contribution in [2.24, 2.45) is 0 Å². The van der Waals surface area contributed by atoms with E-state index in [0.29, 0.717) is 5.15 Å². The molecule has 1 aliphatic rings. The summed E-state index contributed by atoms with van der Waals surface area (Å²) in [7, 11) is 0. The van der Waals surface area contributed by atoms with Crippen LogP contribution in [0.25, 0.3) is 11.3 Å². The van der Waals surface area contributed by atoms with Gasteiger partial charge in [-0.15, -0.1) is 0 Å². The third-order valence-corrected chi connectivity index (χ3v) is 3.53. The molecule has 0 N–H and O–H groups in total. The highest BCUT2D eigenvalue weighted by molar-refractivity contribution is 6.99. The molecule has 0 saturated carbocycles. The minimum absolute atomic E-state index is 0.451. The van der Waals surface area contributed by atoms with Crippen molar-refractivity contribution in [2.45, 2.75) is 12.8 Å². The van der Waals surface area contributed by atoms with Gasteiger partial charge in [0.25, 0.3) is 0 Å². The van der Waals surface area contributed by atoms with Crippen LogP contribution in [0.15, 0.2) is 18.2 Å². The molecular weight excluding hydrogens is 244 g/mol. The molecule has 3 nitrogen and oxygen atoms in total. The molecule has 0 radical (unpaired) electrons. The molecule has 2 heterocycles. The van der Waals surface area contributed by atoms with Gasteiger partial charge in [0.2, 0.25) is 0 Å². The van der Waals surface area contributed by atoms with Crippen LogP contribution in [0.4, 0.5) is 0 Å². The van der Waals surface area contributed by atoms with Crippen LogP contribution in [-0.4, -0.2) is 15.4 Å². The number of benzene rings is 1. The van der Waals surface area contributed by atoms with E-state index < -0.39 is 0 Å². The average molecular weight is 253 g/mol. The van der Waals surface area contributed by atoms with Crippen LogP contribution in [0.2, 0.25) is 5.15 Å². The highest BCUT2D eigenvalue weighted by atomic mass is 35.5. The largest absolute Gasteiger partial charge is 0.493 e. The first-order valence-corrected chi connectivity index (χ1v) is 6.20. The highest BCUT2D eigenvalue weighted by Crippen LogP contribution is 2.37. The van der Waals surface area contributed by atoms with Crippen molar-refractivity contribution in [1.82, 2.24) is 8.75 Å². The fourth-order valence-corrected chi connectivity index (χ4v) is 2.67. The van der Waals surface area contributed by atoms with Crippen LogP contribution in [0.5, 0.6) is 5.75 Å². The van der Waals surface area contributed by atoms with Crippen LogP contribution in [0, 0.1) is 0 Å². The van der Waals surface area contributed by atoms with Gasteiger partial charge in [-0.1, -0.05) is 23.7 Å². The summed E-state index contributed by atoms with van der Waals surface area (Å²) in [5.74, 6) is 0.920. The third kappa shape index (κ3) is 1.58. The minimum Gasteiger partial charge on any atom is -0.493 e. The smallest absolute Gasteiger partial charge is 0.171 e. The van der Waals surface area contributed by atoms with Crippen molar-refractivity contribution in [3.63, 3.8) is 0 Å². The summed E-state index contributed by atoms with van der Waals surface area (Å²) in [6, 6.07) is 6.08. The summed E-state index contributed by atoms with van der Waals surface area (Å²) in [5, 5.41) is 0.451. The van der Waals surface area contributed by atoms with Crippen LogP contribution in [0.1, 0.15) is 12.0 Å². The molecule has 82 valence electrons. The Morgan fingerprint density at radius 1 is 1.31 bits per heavy atom. The number of hydrogen-bond acceptors (Lipinski definition) is 4. The quantitative estimate of drug-likeness (QED) is 0.782.